The van der Waals surface area contributed by atoms with Gasteiger partial charge in [0.05, 0.1) is 16.6 Å². The van der Waals surface area contributed by atoms with Crippen molar-refractivity contribution in [1.82, 2.24) is 5.32 Å². The van der Waals surface area contributed by atoms with Crippen molar-refractivity contribution >= 4 is 21.6 Å². The van der Waals surface area contributed by atoms with Crippen LogP contribution in [0.1, 0.15) is 29.7 Å². The van der Waals surface area contributed by atoms with Gasteiger partial charge in [0.1, 0.15) is 12.4 Å². The molecule has 1 N–H and O–H groups in total. The molecule has 1 atom stereocenters. The maximum absolute atomic E-state index is 14.5. The first-order chi connectivity index (χ1) is 14.7. The lowest BCUT2D eigenvalue weighted by Gasteiger charge is -2.25. The molecule has 5 nitrogen and oxygen atoms in total. The van der Waals surface area contributed by atoms with Crippen LogP contribution in [-0.4, -0.2) is 20.9 Å². The molecule has 3 aromatic carbocycles. The van der Waals surface area contributed by atoms with Gasteiger partial charge in [-0.15, -0.1) is 0 Å². The summed E-state index contributed by atoms with van der Waals surface area (Å²) >= 11 is 0. The van der Waals surface area contributed by atoms with Crippen molar-refractivity contribution in [2.75, 3.05) is 10.8 Å². The molecule has 0 aliphatic heterocycles. The molecule has 3 rings (SSSR count). The SMILES string of the molecule is Cc1ccc(C(C)NC(=O)CN(c2ccccc2F)S(=O)(=O)c2ccc(C)cc2)cc1. The van der Waals surface area contributed by atoms with E-state index in [1.54, 1.807) is 12.1 Å². The van der Waals surface area contributed by atoms with Crippen molar-refractivity contribution in [3.8, 4) is 0 Å². The van der Waals surface area contributed by atoms with Crippen LogP contribution in [0.5, 0.6) is 0 Å². The number of carbonyl (C=O) groups excluding carboxylic acids is 1. The Balaban J connectivity index is 1.90. The maximum Gasteiger partial charge on any atom is 0.264 e. The number of halogens is 1. The highest BCUT2D eigenvalue weighted by Gasteiger charge is 2.29. The Labute approximate surface area is 182 Å². The number of anilines is 1. The Hall–Kier alpha value is -3.19. The Bertz CT molecular complexity index is 1160. The number of rotatable bonds is 7. The molecule has 0 saturated heterocycles. The zero-order chi connectivity index (χ0) is 22.6. The molecule has 3 aromatic rings. The molecule has 7 heteroatoms. The van der Waals surface area contributed by atoms with Crippen LogP contribution in [0.25, 0.3) is 0 Å². The van der Waals surface area contributed by atoms with Gasteiger partial charge in [-0.1, -0.05) is 59.7 Å². The largest absolute Gasteiger partial charge is 0.348 e. The molecular weight excluding hydrogens is 415 g/mol. The molecule has 1 unspecified atom stereocenters. The summed E-state index contributed by atoms with van der Waals surface area (Å²) in [7, 11) is -4.16. The zero-order valence-corrected chi connectivity index (χ0v) is 18.5. The molecule has 0 saturated carbocycles. The molecule has 0 aliphatic rings. The van der Waals surface area contributed by atoms with Crippen LogP contribution < -0.4 is 9.62 Å². The minimum Gasteiger partial charge on any atom is -0.348 e. The number of hydrogen-bond donors (Lipinski definition) is 1. The standard InChI is InChI=1S/C24H25FN2O3S/c1-17-8-12-20(13-9-17)19(3)26-24(28)16-27(23-7-5-4-6-22(23)25)31(29,30)21-14-10-18(2)11-15-21/h4-15,19H,16H2,1-3H3,(H,26,28). The third-order valence-electron chi connectivity index (χ3n) is 4.97. The molecule has 0 spiro atoms. The van der Waals surface area contributed by atoms with Crippen molar-refractivity contribution < 1.29 is 17.6 Å². The number of benzene rings is 3. The average molecular weight is 441 g/mol. The normalized spacial score (nSPS) is 12.3. The summed E-state index contributed by atoms with van der Waals surface area (Å²) in [6.07, 6.45) is 0. The zero-order valence-electron chi connectivity index (χ0n) is 17.7. The van der Waals surface area contributed by atoms with E-state index in [2.05, 4.69) is 5.32 Å². The van der Waals surface area contributed by atoms with Crippen LogP contribution >= 0.6 is 0 Å². The minimum absolute atomic E-state index is 0.0132. The summed E-state index contributed by atoms with van der Waals surface area (Å²) in [5.74, 6) is -1.26. The monoisotopic (exact) mass is 440 g/mol. The van der Waals surface area contributed by atoms with Crippen LogP contribution in [0.15, 0.2) is 77.7 Å². The fraction of sp³-hybridized carbons (Fsp3) is 0.208. The van der Waals surface area contributed by atoms with E-state index >= 15 is 0 Å². The quantitative estimate of drug-likeness (QED) is 0.588. The van der Waals surface area contributed by atoms with Crippen LogP contribution in [0.4, 0.5) is 10.1 Å². The molecular formula is C24H25FN2O3S. The van der Waals surface area contributed by atoms with Gasteiger partial charge >= 0.3 is 0 Å². The molecule has 0 fully saturated rings. The predicted octanol–water partition coefficient (Wildman–Crippen LogP) is 4.52. The van der Waals surface area contributed by atoms with Gasteiger partial charge in [-0.25, -0.2) is 12.8 Å². The molecule has 1 amide bonds. The third kappa shape index (κ3) is 5.30. The van der Waals surface area contributed by atoms with E-state index in [4.69, 9.17) is 0 Å². The second-order valence-corrected chi connectivity index (χ2v) is 9.34. The van der Waals surface area contributed by atoms with Crippen molar-refractivity contribution in [3.05, 3.63) is 95.3 Å². The van der Waals surface area contributed by atoms with E-state index in [0.717, 1.165) is 21.0 Å². The maximum atomic E-state index is 14.5. The summed E-state index contributed by atoms with van der Waals surface area (Å²) < 4.78 is 41.9. The number of aryl methyl sites for hydroxylation is 2. The number of para-hydroxylation sites is 1. The summed E-state index contributed by atoms with van der Waals surface area (Å²) in [4.78, 5) is 12.8. The molecule has 0 bridgehead atoms. The van der Waals surface area contributed by atoms with Crippen molar-refractivity contribution in [2.24, 2.45) is 0 Å². The van der Waals surface area contributed by atoms with E-state index in [0.29, 0.717) is 0 Å². The van der Waals surface area contributed by atoms with Gasteiger partial charge in [0.15, 0.2) is 0 Å². The van der Waals surface area contributed by atoms with Gasteiger partial charge in [0.25, 0.3) is 10.0 Å². The van der Waals surface area contributed by atoms with E-state index in [1.807, 2.05) is 45.0 Å². The molecule has 31 heavy (non-hydrogen) atoms. The molecule has 0 heterocycles. The smallest absolute Gasteiger partial charge is 0.264 e. The van der Waals surface area contributed by atoms with Crippen molar-refractivity contribution in [2.45, 2.75) is 31.7 Å². The number of amides is 1. The van der Waals surface area contributed by atoms with Crippen LogP contribution in [-0.2, 0) is 14.8 Å². The first-order valence-electron chi connectivity index (χ1n) is 9.88. The van der Waals surface area contributed by atoms with E-state index in [-0.39, 0.29) is 16.6 Å². The summed E-state index contributed by atoms with van der Waals surface area (Å²) in [6, 6.07) is 19.1. The number of nitrogens with zero attached hydrogens (tertiary/aromatic N) is 1. The van der Waals surface area contributed by atoms with Crippen molar-refractivity contribution in [3.63, 3.8) is 0 Å². The third-order valence-corrected chi connectivity index (χ3v) is 6.75. The van der Waals surface area contributed by atoms with Crippen LogP contribution in [0.3, 0.4) is 0 Å². The predicted molar refractivity (Wildman–Crippen MR) is 120 cm³/mol. The number of nitrogens with one attached hydrogen (secondary N) is 1. The Kier molecular flexibility index (Phi) is 6.75. The number of hydrogen-bond acceptors (Lipinski definition) is 3. The fourth-order valence-corrected chi connectivity index (χ4v) is 4.58. The fourth-order valence-electron chi connectivity index (χ4n) is 3.15. The summed E-state index contributed by atoms with van der Waals surface area (Å²) in [5.41, 5.74) is 2.69. The summed E-state index contributed by atoms with van der Waals surface area (Å²) in [5, 5.41) is 2.80. The van der Waals surface area contributed by atoms with E-state index in [9.17, 15) is 17.6 Å². The van der Waals surface area contributed by atoms with Gasteiger partial charge < -0.3 is 5.32 Å². The molecule has 0 radical (unpaired) electrons. The minimum atomic E-state index is -4.16. The molecule has 0 aromatic heterocycles. The van der Waals surface area contributed by atoms with E-state index < -0.39 is 28.3 Å². The Morgan fingerprint density at radius 2 is 1.48 bits per heavy atom. The lowest BCUT2D eigenvalue weighted by Crippen LogP contribution is -2.42. The summed E-state index contributed by atoms with van der Waals surface area (Å²) in [6.45, 7) is 5.07. The van der Waals surface area contributed by atoms with Crippen molar-refractivity contribution in [1.29, 1.82) is 0 Å². The van der Waals surface area contributed by atoms with Gasteiger partial charge in [-0.2, -0.15) is 0 Å². The Morgan fingerprint density at radius 3 is 2.06 bits per heavy atom. The van der Waals surface area contributed by atoms with Gasteiger partial charge in [-0.05, 0) is 50.6 Å². The van der Waals surface area contributed by atoms with Gasteiger partial charge in [0, 0.05) is 0 Å². The number of sulfonamides is 1. The van der Waals surface area contributed by atoms with Gasteiger partial charge in [0.2, 0.25) is 5.91 Å². The van der Waals surface area contributed by atoms with E-state index in [1.165, 1.54) is 36.4 Å². The Morgan fingerprint density at radius 1 is 0.935 bits per heavy atom. The number of carbonyl (C=O) groups is 1. The second-order valence-electron chi connectivity index (χ2n) is 7.48. The highest BCUT2D eigenvalue weighted by Crippen LogP contribution is 2.26. The lowest BCUT2D eigenvalue weighted by atomic mass is 10.1. The topological polar surface area (TPSA) is 66.5 Å². The highest BCUT2D eigenvalue weighted by atomic mass is 32.2. The highest BCUT2D eigenvalue weighted by molar-refractivity contribution is 7.92. The first-order valence-corrected chi connectivity index (χ1v) is 11.3. The first kappa shape index (κ1) is 22.5. The molecule has 0 aliphatic carbocycles. The van der Waals surface area contributed by atoms with Gasteiger partial charge in [-0.3, -0.25) is 9.10 Å². The lowest BCUT2D eigenvalue weighted by molar-refractivity contribution is -0.120. The average Bonchev–Trinajstić information content (AvgIpc) is 2.73. The second kappa shape index (κ2) is 9.31. The molecule has 162 valence electrons. The van der Waals surface area contributed by atoms with Crippen LogP contribution in [0.2, 0.25) is 0 Å². The van der Waals surface area contributed by atoms with Crippen LogP contribution in [0, 0.1) is 19.7 Å².